The van der Waals surface area contributed by atoms with E-state index in [0.717, 1.165) is 29.5 Å². The van der Waals surface area contributed by atoms with E-state index in [-0.39, 0.29) is 12.0 Å². The Morgan fingerprint density at radius 3 is 3.00 bits per heavy atom. The van der Waals surface area contributed by atoms with Gasteiger partial charge in [-0.05, 0) is 43.4 Å². The standard InChI is InChI=1S/C14H17BrO3/c15-12-4-1-3-10(8-12)7-11(14(16)17)9-13-5-2-6-18-13/h1,3-4,8,11,13H,2,5-7,9H2,(H,16,17)/t11-,13+/m1/s1. The van der Waals surface area contributed by atoms with Crippen LogP contribution in [0.3, 0.4) is 0 Å². The molecule has 1 aromatic carbocycles. The van der Waals surface area contributed by atoms with E-state index in [4.69, 9.17) is 4.74 Å². The normalized spacial score (nSPS) is 20.8. The Bertz CT molecular complexity index is 413. The molecule has 0 radical (unpaired) electrons. The lowest BCUT2D eigenvalue weighted by Crippen LogP contribution is -2.22. The second-order valence-corrected chi connectivity index (χ2v) is 5.66. The smallest absolute Gasteiger partial charge is 0.306 e. The van der Waals surface area contributed by atoms with Crippen molar-refractivity contribution in [1.82, 2.24) is 0 Å². The zero-order valence-electron chi connectivity index (χ0n) is 10.1. The topological polar surface area (TPSA) is 46.5 Å². The Morgan fingerprint density at radius 1 is 1.56 bits per heavy atom. The van der Waals surface area contributed by atoms with Gasteiger partial charge in [0, 0.05) is 11.1 Å². The first-order chi connectivity index (χ1) is 8.65. The summed E-state index contributed by atoms with van der Waals surface area (Å²) in [4.78, 5) is 11.3. The molecule has 4 heteroatoms. The Balaban J connectivity index is 1.99. The number of aliphatic carboxylic acids is 1. The fraction of sp³-hybridized carbons (Fsp3) is 0.500. The van der Waals surface area contributed by atoms with E-state index < -0.39 is 5.97 Å². The lowest BCUT2D eigenvalue weighted by molar-refractivity contribution is -0.142. The third kappa shape index (κ3) is 3.82. The number of halogens is 1. The van der Waals surface area contributed by atoms with Crippen LogP contribution in [0.25, 0.3) is 0 Å². The Kier molecular flexibility index (Phi) is 4.78. The van der Waals surface area contributed by atoms with E-state index in [0.29, 0.717) is 12.8 Å². The van der Waals surface area contributed by atoms with Crippen molar-refractivity contribution in [3.05, 3.63) is 34.3 Å². The number of carboxylic acids is 1. The molecule has 0 unspecified atom stereocenters. The van der Waals surface area contributed by atoms with Gasteiger partial charge in [-0.15, -0.1) is 0 Å². The fourth-order valence-corrected chi connectivity index (χ4v) is 2.81. The van der Waals surface area contributed by atoms with Gasteiger partial charge in [-0.3, -0.25) is 4.79 Å². The van der Waals surface area contributed by atoms with Gasteiger partial charge in [-0.2, -0.15) is 0 Å². The molecule has 1 fully saturated rings. The molecule has 0 spiro atoms. The van der Waals surface area contributed by atoms with Crippen LogP contribution in [-0.2, 0) is 16.0 Å². The largest absolute Gasteiger partial charge is 0.481 e. The van der Waals surface area contributed by atoms with Crippen LogP contribution in [0, 0.1) is 5.92 Å². The van der Waals surface area contributed by atoms with Crippen molar-refractivity contribution in [1.29, 1.82) is 0 Å². The van der Waals surface area contributed by atoms with Crippen molar-refractivity contribution < 1.29 is 14.6 Å². The fourth-order valence-electron chi connectivity index (χ4n) is 2.37. The lowest BCUT2D eigenvalue weighted by atomic mass is 9.93. The van der Waals surface area contributed by atoms with E-state index in [2.05, 4.69) is 15.9 Å². The molecule has 2 rings (SSSR count). The third-order valence-corrected chi connectivity index (χ3v) is 3.79. The van der Waals surface area contributed by atoms with Crippen LogP contribution in [0.4, 0.5) is 0 Å². The summed E-state index contributed by atoms with van der Waals surface area (Å²) < 4.78 is 6.51. The van der Waals surface area contributed by atoms with Crippen molar-refractivity contribution in [2.45, 2.75) is 31.8 Å². The number of ether oxygens (including phenoxy) is 1. The summed E-state index contributed by atoms with van der Waals surface area (Å²) in [6, 6.07) is 7.82. The highest BCUT2D eigenvalue weighted by Gasteiger charge is 2.25. The molecule has 0 aromatic heterocycles. The maximum atomic E-state index is 11.3. The van der Waals surface area contributed by atoms with Crippen LogP contribution < -0.4 is 0 Å². The molecular weight excluding hydrogens is 296 g/mol. The highest BCUT2D eigenvalue weighted by atomic mass is 79.9. The van der Waals surface area contributed by atoms with E-state index >= 15 is 0 Å². The van der Waals surface area contributed by atoms with Crippen molar-refractivity contribution in [3.8, 4) is 0 Å². The van der Waals surface area contributed by atoms with Crippen LogP contribution in [0.15, 0.2) is 28.7 Å². The molecule has 3 nitrogen and oxygen atoms in total. The van der Waals surface area contributed by atoms with Crippen molar-refractivity contribution in [3.63, 3.8) is 0 Å². The van der Waals surface area contributed by atoms with Crippen LogP contribution in [0.1, 0.15) is 24.8 Å². The van der Waals surface area contributed by atoms with Crippen LogP contribution in [-0.4, -0.2) is 23.8 Å². The zero-order chi connectivity index (χ0) is 13.0. The third-order valence-electron chi connectivity index (χ3n) is 3.29. The van der Waals surface area contributed by atoms with Gasteiger partial charge in [0.2, 0.25) is 0 Å². The van der Waals surface area contributed by atoms with Gasteiger partial charge in [0.25, 0.3) is 0 Å². The molecule has 1 aliphatic heterocycles. The van der Waals surface area contributed by atoms with E-state index in [1.807, 2.05) is 24.3 Å². The Hall–Kier alpha value is -0.870. The molecule has 2 atom stereocenters. The lowest BCUT2D eigenvalue weighted by Gasteiger charge is -2.16. The van der Waals surface area contributed by atoms with Crippen LogP contribution in [0.2, 0.25) is 0 Å². The summed E-state index contributed by atoms with van der Waals surface area (Å²) in [6.45, 7) is 0.772. The number of carbonyl (C=O) groups is 1. The molecule has 98 valence electrons. The Labute approximate surface area is 115 Å². The van der Waals surface area contributed by atoms with E-state index in [1.54, 1.807) is 0 Å². The molecule has 1 heterocycles. The van der Waals surface area contributed by atoms with E-state index in [1.165, 1.54) is 0 Å². The zero-order valence-corrected chi connectivity index (χ0v) is 11.7. The average Bonchev–Trinajstić information content (AvgIpc) is 2.81. The van der Waals surface area contributed by atoms with Crippen molar-refractivity contribution >= 4 is 21.9 Å². The van der Waals surface area contributed by atoms with Gasteiger partial charge in [-0.1, -0.05) is 28.1 Å². The molecule has 18 heavy (non-hydrogen) atoms. The number of hydrogen-bond donors (Lipinski definition) is 1. The Morgan fingerprint density at radius 2 is 2.39 bits per heavy atom. The van der Waals surface area contributed by atoms with E-state index in [9.17, 15) is 9.90 Å². The highest BCUT2D eigenvalue weighted by Crippen LogP contribution is 2.23. The summed E-state index contributed by atoms with van der Waals surface area (Å²) in [6.07, 6.45) is 3.34. The summed E-state index contributed by atoms with van der Waals surface area (Å²) in [5.41, 5.74) is 1.05. The minimum atomic E-state index is -0.731. The highest BCUT2D eigenvalue weighted by molar-refractivity contribution is 9.10. The minimum Gasteiger partial charge on any atom is -0.481 e. The maximum absolute atomic E-state index is 11.3. The van der Waals surface area contributed by atoms with Gasteiger partial charge in [0.1, 0.15) is 0 Å². The first kappa shape index (κ1) is 13.6. The monoisotopic (exact) mass is 312 g/mol. The number of hydrogen-bond acceptors (Lipinski definition) is 2. The molecule has 0 amide bonds. The molecule has 1 N–H and O–H groups in total. The molecule has 0 bridgehead atoms. The molecule has 0 saturated carbocycles. The predicted molar refractivity (Wildman–Crippen MR) is 72.6 cm³/mol. The summed E-state index contributed by atoms with van der Waals surface area (Å²) in [5.74, 6) is -1.09. The SMILES string of the molecule is O=C(O)[C@H](Cc1cccc(Br)c1)C[C@@H]1CCCO1. The average molecular weight is 313 g/mol. The number of rotatable bonds is 5. The van der Waals surface area contributed by atoms with Gasteiger partial charge in [0.15, 0.2) is 0 Å². The maximum Gasteiger partial charge on any atom is 0.306 e. The van der Waals surface area contributed by atoms with Gasteiger partial charge in [0.05, 0.1) is 12.0 Å². The number of carboxylic acid groups (broad SMARTS) is 1. The number of benzene rings is 1. The molecular formula is C14H17BrO3. The summed E-state index contributed by atoms with van der Waals surface area (Å²) in [7, 11) is 0. The molecule has 1 aliphatic rings. The molecule has 0 aliphatic carbocycles. The minimum absolute atomic E-state index is 0.123. The summed E-state index contributed by atoms with van der Waals surface area (Å²) in [5, 5.41) is 9.30. The summed E-state index contributed by atoms with van der Waals surface area (Å²) >= 11 is 3.41. The first-order valence-corrected chi connectivity index (χ1v) is 7.03. The van der Waals surface area contributed by atoms with Crippen LogP contribution in [0.5, 0.6) is 0 Å². The van der Waals surface area contributed by atoms with Gasteiger partial charge in [-0.25, -0.2) is 0 Å². The van der Waals surface area contributed by atoms with Crippen molar-refractivity contribution in [2.75, 3.05) is 6.61 Å². The quantitative estimate of drug-likeness (QED) is 0.907. The van der Waals surface area contributed by atoms with Gasteiger partial charge >= 0.3 is 5.97 Å². The first-order valence-electron chi connectivity index (χ1n) is 6.24. The second-order valence-electron chi connectivity index (χ2n) is 4.74. The van der Waals surface area contributed by atoms with Crippen molar-refractivity contribution in [2.24, 2.45) is 5.92 Å². The van der Waals surface area contributed by atoms with Gasteiger partial charge < -0.3 is 9.84 Å². The molecule has 1 aromatic rings. The van der Waals surface area contributed by atoms with Crippen LogP contribution >= 0.6 is 15.9 Å². The second kappa shape index (κ2) is 6.34. The predicted octanol–water partition coefficient (Wildman–Crippen LogP) is 3.26. The molecule has 1 saturated heterocycles.